The number of aliphatic hydroxyl groups excluding tert-OH is 1. The van der Waals surface area contributed by atoms with Crippen molar-refractivity contribution in [2.24, 2.45) is 5.92 Å². The molecule has 132 valence electrons. The number of piperidine rings is 1. The summed E-state index contributed by atoms with van der Waals surface area (Å²) >= 11 is 0. The molecule has 2 aliphatic heterocycles. The Balaban J connectivity index is 1.57. The van der Waals surface area contributed by atoms with Crippen LogP contribution in [0.1, 0.15) is 57.8 Å². The second kappa shape index (κ2) is 7.84. The van der Waals surface area contributed by atoms with Crippen LogP contribution >= 0.6 is 0 Å². The Morgan fingerprint density at radius 2 is 1.74 bits per heavy atom. The maximum atomic E-state index is 12.5. The highest BCUT2D eigenvalue weighted by atomic mass is 16.3. The summed E-state index contributed by atoms with van der Waals surface area (Å²) in [6.07, 6.45) is 11.3. The second-order valence-corrected chi connectivity index (χ2v) is 7.77. The summed E-state index contributed by atoms with van der Waals surface area (Å²) in [5, 5.41) is 12.5. The van der Waals surface area contributed by atoms with Crippen LogP contribution in [0.2, 0.25) is 0 Å². The fourth-order valence-corrected chi connectivity index (χ4v) is 4.70. The molecule has 1 atom stereocenters. The van der Waals surface area contributed by atoms with E-state index < -0.39 is 0 Å². The van der Waals surface area contributed by atoms with Crippen molar-refractivity contribution < 1.29 is 9.90 Å². The van der Waals surface area contributed by atoms with Crippen LogP contribution in [-0.2, 0) is 0 Å². The molecule has 2 saturated heterocycles. The first-order valence-corrected chi connectivity index (χ1v) is 9.62. The fraction of sp³-hybridized carbons (Fsp3) is 0.944. The first-order chi connectivity index (χ1) is 11.2. The lowest BCUT2D eigenvalue weighted by molar-refractivity contribution is 0.0345. The summed E-state index contributed by atoms with van der Waals surface area (Å²) in [7, 11) is 0. The van der Waals surface area contributed by atoms with Crippen molar-refractivity contribution in [3.05, 3.63) is 0 Å². The molecule has 0 aromatic heterocycles. The summed E-state index contributed by atoms with van der Waals surface area (Å²) in [5.74, 6) is 0.270. The van der Waals surface area contributed by atoms with Crippen LogP contribution in [0.3, 0.4) is 0 Å². The Bertz CT molecular complexity index is 390. The molecule has 0 aromatic rings. The van der Waals surface area contributed by atoms with Crippen LogP contribution in [-0.4, -0.2) is 65.8 Å². The third-order valence-electron chi connectivity index (χ3n) is 6.21. The lowest BCUT2D eigenvalue weighted by atomic mass is 9.79. The highest BCUT2D eigenvalue weighted by Gasteiger charge is 2.39. The Labute approximate surface area is 140 Å². The molecule has 1 saturated carbocycles. The van der Waals surface area contributed by atoms with Gasteiger partial charge in [0.1, 0.15) is 0 Å². The van der Waals surface area contributed by atoms with Gasteiger partial charge in [0, 0.05) is 37.7 Å². The van der Waals surface area contributed by atoms with E-state index >= 15 is 0 Å². The first kappa shape index (κ1) is 17.0. The monoisotopic (exact) mass is 323 g/mol. The van der Waals surface area contributed by atoms with E-state index in [2.05, 4.69) is 10.2 Å². The van der Waals surface area contributed by atoms with Gasteiger partial charge < -0.3 is 15.3 Å². The minimum atomic E-state index is 0.0721. The van der Waals surface area contributed by atoms with Gasteiger partial charge in [-0.2, -0.15) is 0 Å². The van der Waals surface area contributed by atoms with E-state index in [9.17, 15) is 9.90 Å². The van der Waals surface area contributed by atoms with Crippen molar-refractivity contribution in [1.29, 1.82) is 0 Å². The molecule has 0 spiro atoms. The predicted octanol–water partition coefficient (Wildman–Crippen LogP) is 2.20. The fourth-order valence-electron chi connectivity index (χ4n) is 4.70. The largest absolute Gasteiger partial charge is 0.396 e. The quantitative estimate of drug-likeness (QED) is 0.834. The van der Waals surface area contributed by atoms with Crippen molar-refractivity contribution >= 4 is 6.03 Å². The minimum Gasteiger partial charge on any atom is -0.396 e. The van der Waals surface area contributed by atoms with Gasteiger partial charge >= 0.3 is 6.03 Å². The molecular formula is C18H33N3O2. The van der Waals surface area contributed by atoms with Crippen LogP contribution in [0.5, 0.6) is 0 Å². The van der Waals surface area contributed by atoms with Crippen LogP contribution in [0, 0.1) is 5.92 Å². The van der Waals surface area contributed by atoms with Crippen molar-refractivity contribution in [1.82, 2.24) is 15.1 Å². The molecule has 5 heteroatoms. The van der Waals surface area contributed by atoms with Gasteiger partial charge in [-0.3, -0.25) is 4.90 Å². The predicted molar refractivity (Wildman–Crippen MR) is 91.4 cm³/mol. The van der Waals surface area contributed by atoms with Gasteiger partial charge in [-0.1, -0.05) is 25.7 Å². The van der Waals surface area contributed by atoms with Gasteiger partial charge in [0.2, 0.25) is 0 Å². The number of carbonyl (C=O) groups is 1. The zero-order valence-corrected chi connectivity index (χ0v) is 14.4. The van der Waals surface area contributed by atoms with Crippen molar-refractivity contribution in [2.75, 3.05) is 39.3 Å². The number of urea groups is 1. The zero-order chi connectivity index (χ0) is 16.1. The molecule has 0 aromatic carbocycles. The third-order valence-corrected chi connectivity index (χ3v) is 6.21. The molecule has 1 aliphatic carbocycles. The minimum absolute atomic E-state index is 0.0721. The Morgan fingerprint density at radius 1 is 1.04 bits per heavy atom. The number of hydrogen-bond acceptors (Lipinski definition) is 3. The van der Waals surface area contributed by atoms with E-state index in [1.54, 1.807) is 0 Å². The molecule has 0 radical (unpaired) electrons. The molecule has 3 aliphatic rings. The van der Waals surface area contributed by atoms with Crippen LogP contribution in [0.15, 0.2) is 0 Å². The summed E-state index contributed by atoms with van der Waals surface area (Å²) in [6, 6.07) is 0.0721. The van der Waals surface area contributed by atoms with Gasteiger partial charge in [0.05, 0.1) is 0 Å². The van der Waals surface area contributed by atoms with E-state index in [1.807, 2.05) is 4.90 Å². The summed E-state index contributed by atoms with van der Waals surface area (Å²) in [6.45, 7) is 4.89. The van der Waals surface area contributed by atoms with E-state index in [4.69, 9.17) is 0 Å². The number of rotatable bonds is 4. The van der Waals surface area contributed by atoms with E-state index in [1.165, 1.54) is 64.5 Å². The number of hydrogen-bond donors (Lipinski definition) is 2. The van der Waals surface area contributed by atoms with E-state index in [-0.39, 0.29) is 24.1 Å². The molecule has 3 rings (SSSR count). The van der Waals surface area contributed by atoms with Crippen molar-refractivity contribution in [3.63, 3.8) is 0 Å². The van der Waals surface area contributed by atoms with Crippen molar-refractivity contribution in [2.45, 2.75) is 63.3 Å². The number of carbonyl (C=O) groups excluding carboxylic acids is 1. The van der Waals surface area contributed by atoms with Gasteiger partial charge in [-0.05, 0) is 45.2 Å². The molecule has 2 N–H and O–H groups in total. The van der Waals surface area contributed by atoms with Crippen LogP contribution in [0.4, 0.5) is 4.79 Å². The number of nitrogens with one attached hydrogen (secondary N) is 1. The normalized spacial score (nSPS) is 28.7. The third kappa shape index (κ3) is 4.00. The molecule has 5 nitrogen and oxygen atoms in total. The molecule has 1 unspecified atom stereocenters. The highest BCUT2D eigenvalue weighted by molar-refractivity contribution is 5.74. The maximum Gasteiger partial charge on any atom is 0.317 e. The smallest absolute Gasteiger partial charge is 0.317 e. The molecule has 2 heterocycles. The Kier molecular flexibility index (Phi) is 5.81. The SMILES string of the molecule is O=C(NCC1(N2CCCCC2)CCCCC1)N1CCC(CO)C1. The number of aliphatic hydroxyl groups is 1. The molecule has 23 heavy (non-hydrogen) atoms. The summed E-state index contributed by atoms with van der Waals surface area (Å²) in [4.78, 5) is 17.0. The van der Waals surface area contributed by atoms with Gasteiger partial charge in [-0.25, -0.2) is 4.79 Å². The lowest BCUT2D eigenvalue weighted by Gasteiger charge is -2.48. The average Bonchev–Trinajstić information content (AvgIpc) is 3.10. The van der Waals surface area contributed by atoms with E-state index in [0.29, 0.717) is 6.54 Å². The molecule has 3 fully saturated rings. The van der Waals surface area contributed by atoms with Crippen LogP contribution < -0.4 is 5.32 Å². The molecule has 0 bridgehead atoms. The van der Waals surface area contributed by atoms with E-state index in [0.717, 1.165) is 19.5 Å². The van der Waals surface area contributed by atoms with Crippen LogP contribution in [0.25, 0.3) is 0 Å². The first-order valence-electron chi connectivity index (χ1n) is 9.62. The van der Waals surface area contributed by atoms with Crippen molar-refractivity contribution in [3.8, 4) is 0 Å². The highest BCUT2D eigenvalue weighted by Crippen LogP contribution is 2.35. The Morgan fingerprint density at radius 3 is 2.39 bits per heavy atom. The maximum absolute atomic E-state index is 12.5. The van der Waals surface area contributed by atoms with Gasteiger partial charge in [-0.15, -0.1) is 0 Å². The summed E-state index contributed by atoms with van der Waals surface area (Å²) in [5.41, 5.74) is 0.199. The second-order valence-electron chi connectivity index (χ2n) is 7.77. The summed E-state index contributed by atoms with van der Waals surface area (Å²) < 4.78 is 0. The molecule has 2 amide bonds. The molecular weight excluding hydrogens is 290 g/mol. The lowest BCUT2D eigenvalue weighted by Crippen LogP contribution is -2.59. The average molecular weight is 323 g/mol. The Hall–Kier alpha value is -0.810. The zero-order valence-electron chi connectivity index (χ0n) is 14.4. The standard InChI is InChI=1S/C18H33N3O2/c22-14-16-7-12-20(13-16)17(23)19-15-18(8-3-1-4-9-18)21-10-5-2-6-11-21/h16,22H,1-15H2,(H,19,23). The number of likely N-dealkylation sites (tertiary alicyclic amines) is 2. The number of amides is 2. The number of nitrogens with zero attached hydrogens (tertiary/aromatic N) is 2. The van der Waals surface area contributed by atoms with Gasteiger partial charge in [0.15, 0.2) is 0 Å². The van der Waals surface area contributed by atoms with Gasteiger partial charge in [0.25, 0.3) is 0 Å². The topological polar surface area (TPSA) is 55.8 Å².